The Hall–Kier alpha value is -1.88. The molecule has 1 aromatic heterocycles. The number of hydrogen-bond acceptors (Lipinski definition) is 4. The van der Waals surface area contributed by atoms with Gasteiger partial charge in [0.25, 0.3) is 0 Å². The van der Waals surface area contributed by atoms with E-state index in [1.54, 1.807) is 36.7 Å². The fraction of sp³-hybridized carbons (Fsp3) is 0. The molecular formula is C11H10N2O2S. The van der Waals surface area contributed by atoms with E-state index in [4.69, 9.17) is 5.11 Å². The Morgan fingerprint density at radius 3 is 2.06 bits per heavy atom. The topological polar surface area (TPSA) is 63.1 Å². The van der Waals surface area contributed by atoms with E-state index < -0.39 is 5.97 Å². The van der Waals surface area contributed by atoms with Gasteiger partial charge >= 0.3 is 5.97 Å². The normalized spacial score (nSPS) is 8.81. The molecule has 2 aromatic rings. The van der Waals surface area contributed by atoms with Crippen LogP contribution in [0, 0.1) is 0 Å². The molecule has 0 saturated heterocycles. The average Bonchev–Trinajstić information content (AvgIpc) is 2.32. The molecule has 0 aliphatic rings. The van der Waals surface area contributed by atoms with Crippen LogP contribution in [0.4, 0.5) is 0 Å². The summed E-state index contributed by atoms with van der Waals surface area (Å²) in [5.41, 5.74) is 0.242. The van der Waals surface area contributed by atoms with Gasteiger partial charge in [-0.25, -0.2) is 14.8 Å². The second kappa shape index (κ2) is 6.58. The highest BCUT2D eigenvalue weighted by atomic mass is 32.1. The van der Waals surface area contributed by atoms with E-state index >= 15 is 0 Å². The van der Waals surface area contributed by atoms with Crippen LogP contribution in [0.3, 0.4) is 0 Å². The molecule has 1 heterocycles. The van der Waals surface area contributed by atoms with Gasteiger partial charge in [-0.2, -0.15) is 0 Å². The molecule has 0 aliphatic heterocycles. The smallest absolute Gasteiger partial charge is 0.336 e. The van der Waals surface area contributed by atoms with Gasteiger partial charge in [-0.1, -0.05) is 12.1 Å². The lowest BCUT2D eigenvalue weighted by Crippen LogP contribution is -1.96. The van der Waals surface area contributed by atoms with E-state index in [0.717, 1.165) is 0 Å². The quantitative estimate of drug-likeness (QED) is 0.742. The van der Waals surface area contributed by atoms with Crippen molar-refractivity contribution in [3.8, 4) is 0 Å². The molecule has 0 fully saturated rings. The van der Waals surface area contributed by atoms with Gasteiger partial charge in [0.15, 0.2) is 0 Å². The summed E-state index contributed by atoms with van der Waals surface area (Å²) >= 11 is 3.96. The maximum atomic E-state index is 10.4. The molecule has 0 amide bonds. The van der Waals surface area contributed by atoms with Gasteiger partial charge in [0.1, 0.15) is 6.33 Å². The van der Waals surface area contributed by atoms with Gasteiger partial charge in [0, 0.05) is 17.3 Å². The Bertz CT molecular complexity index is 422. The van der Waals surface area contributed by atoms with Crippen LogP contribution in [0.2, 0.25) is 0 Å². The Kier molecular flexibility index (Phi) is 5.01. The van der Waals surface area contributed by atoms with Gasteiger partial charge in [-0.15, -0.1) is 12.6 Å². The minimum absolute atomic E-state index is 0.242. The van der Waals surface area contributed by atoms with E-state index in [1.807, 2.05) is 0 Å². The molecule has 0 aliphatic carbocycles. The zero-order valence-corrected chi connectivity index (χ0v) is 9.21. The number of rotatable bonds is 1. The molecule has 0 bridgehead atoms. The van der Waals surface area contributed by atoms with Crippen LogP contribution in [0.25, 0.3) is 0 Å². The first-order valence-corrected chi connectivity index (χ1v) is 4.88. The predicted molar refractivity (Wildman–Crippen MR) is 62.7 cm³/mol. The van der Waals surface area contributed by atoms with Crippen molar-refractivity contribution in [1.29, 1.82) is 0 Å². The Morgan fingerprint density at radius 2 is 1.75 bits per heavy atom. The van der Waals surface area contributed by atoms with Gasteiger partial charge in [-0.3, -0.25) is 0 Å². The second-order valence-electron chi connectivity index (χ2n) is 2.73. The molecule has 16 heavy (non-hydrogen) atoms. The van der Waals surface area contributed by atoms with E-state index in [1.165, 1.54) is 12.4 Å². The van der Waals surface area contributed by atoms with E-state index in [-0.39, 0.29) is 5.56 Å². The third-order valence-corrected chi connectivity index (χ3v) is 2.00. The Morgan fingerprint density at radius 1 is 1.12 bits per heavy atom. The molecule has 1 N–H and O–H groups in total. The molecule has 0 spiro atoms. The predicted octanol–water partition coefficient (Wildman–Crippen LogP) is 2.15. The van der Waals surface area contributed by atoms with Gasteiger partial charge in [0.05, 0.1) is 5.56 Å². The van der Waals surface area contributed by atoms with Crippen molar-refractivity contribution < 1.29 is 9.90 Å². The summed E-state index contributed by atoms with van der Waals surface area (Å²) in [5, 5.41) is 8.52. The Labute approximate surface area is 98.4 Å². The number of carboxylic acid groups (broad SMARTS) is 1. The number of aromatic nitrogens is 2. The molecule has 0 unspecified atom stereocenters. The van der Waals surface area contributed by atoms with Crippen molar-refractivity contribution in [3.63, 3.8) is 0 Å². The molecule has 82 valence electrons. The number of hydrogen-bond donors (Lipinski definition) is 2. The van der Waals surface area contributed by atoms with Gasteiger partial charge in [-0.05, 0) is 18.2 Å². The first-order valence-electron chi connectivity index (χ1n) is 4.43. The van der Waals surface area contributed by atoms with Crippen LogP contribution < -0.4 is 0 Å². The van der Waals surface area contributed by atoms with Crippen LogP contribution >= 0.6 is 12.6 Å². The molecule has 4 nitrogen and oxygen atoms in total. The van der Waals surface area contributed by atoms with Crippen LogP contribution in [0.1, 0.15) is 10.4 Å². The van der Waals surface area contributed by atoms with Crippen molar-refractivity contribution >= 4 is 18.6 Å². The number of benzene rings is 1. The second-order valence-corrected chi connectivity index (χ2v) is 3.21. The van der Waals surface area contributed by atoms with Crippen molar-refractivity contribution in [1.82, 2.24) is 9.97 Å². The van der Waals surface area contributed by atoms with E-state index in [0.29, 0.717) is 4.90 Å². The van der Waals surface area contributed by atoms with Crippen molar-refractivity contribution in [3.05, 3.63) is 54.6 Å². The highest BCUT2D eigenvalue weighted by Crippen LogP contribution is 2.11. The fourth-order valence-corrected chi connectivity index (χ4v) is 1.16. The van der Waals surface area contributed by atoms with Gasteiger partial charge < -0.3 is 5.11 Å². The van der Waals surface area contributed by atoms with Crippen LogP contribution in [0.15, 0.2) is 53.9 Å². The van der Waals surface area contributed by atoms with Crippen molar-refractivity contribution in [2.24, 2.45) is 0 Å². The zero-order valence-electron chi connectivity index (χ0n) is 8.32. The maximum absolute atomic E-state index is 10.4. The third kappa shape index (κ3) is 4.10. The highest BCUT2D eigenvalue weighted by molar-refractivity contribution is 7.80. The lowest BCUT2D eigenvalue weighted by Gasteiger charge is -1.95. The van der Waals surface area contributed by atoms with E-state index in [2.05, 4.69) is 22.6 Å². The summed E-state index contributed by atoms with van der Waals surface area (Å²) < 4.78 is 0. The molecular weight excluding hydrogens is 224 g/mol. The monoisotopic (exact) mass is 234 g/mol. The standard InChI is InChI=1S/C7H6O2S.C4H4N2/c8-7(9)5-3-1-2-4-6(5)10;1-2-5-4-6-3-1/h1-4,10H,(H,8,9);1-4H. The minimum atomic E-state index is -0.939. The molecule has 1 aromatic carbocycles. The highest BCUT2D eigenvalue weighted by Gasteiger charge is 2.03. The summed E-state index contributed by atoms with van der Waals surface area (Å²) in [4.78, 5) is 18.2. The first-order chi connectivity index (χ1) is 7.72. The number of thiol groups is 1. The number of carboxylic acids is 1. The fourth-order valence-electron chi connectivity index (χ4n) is 0.908. The average molecular weight is 234 g/mol. The minimum Gasteiger partial charge on any atom is -0.478 e. The summed E-state index contributed by atoms with van der Waals surface area (Å²) in [6, 6.07) is 8.36. The van der Waals surface area contributed by atoms with Crippen LogP contribution in [-0.2, 0) is 0 Å². The SMILES string of the molecule is O=C(O)c1ccccc1S.c1cncnc1. The molecule has 5 heteroatoms. The summed E-state index contributed by atoms with van der Waals surface area (Å²) in [5.74, 6) is -0.939. The number of nitrogens with zero attached hydrogens (tertiary/aromatic N) is 2. The van der Waals surface area contributed by atoms with Crippen molar-refractivity contribution in [2.75, 3.05) is 0 Å². The molecule has 0 radical (unpaired) electrons. The van der Waals surface area contributed by atoms with Crippen molar-refractivity contribution in [2.45, 2.75) is 4.90 Å². The molecule has 2 rings (SSSR count). The van der Waals surface area contributed by atoms with Gasteiger partial charge in [0.2, 0.25) is 0 Å². The van der Waals surface area contributed by atoms with E-state index in [9.17, 15) is 4.79 Å². The largest absolute Gasteiger partial charge is 0.478 e. The first kappa shape index (κ1) is 12.2. The Balaban J connectivity index is 0.000000181. The lowest BCUT2D eigenvalue weighted by atomic mass is 10.2. The molecule has 0 saturated carbocycles. The third-order valence-electron chi connectivity index (χ3n) is 1.61. The number of carbonyl (C=O) groups is 1. The lowest BCUT2D eigenvalue weighted by molar-refractivity contribution is 0.0693. The zero-order chi connectivity index (χ0) is 11.8. The van der Waals surface area contributed by atoms with Crippen LogP contribution in [-0.4, -0.2) is 21.0 Å². The number of aromatic carboxylic acids is 1. The summed E-state index contributed by atoms with van der Waals surface area (Å²) in [6.07, 6.45) is 4.88. The van der Waals surface area contributed by atoms with Crippen LogP contribution in [0.5, 0.6) is 0 Å². The molecule has 0 atom stereocenters. The maximum Gasteiger partial charge on any atom is 0.336 e. The summed E-state index contributed by atoms with van der Waals surface area (Å²) in [7, 11) is 0. The summed E-state index contributed by atoms with van der Waals surface area (Å²) in [6.45, 7) is 0.